The highest BCUT2D eigenvalue weighted by Crippen LogP contribution is 2.32. The van der Waals surface area contributed by atoms with Crippen molar-refractivity contribution in [1.29, 1.82) is 0 Å². The van der Waals surface area contributed by atoms with Gasteiger partial charge in [-0.25, -0.2) is 0 Å². The number of hydrogen-bond donors (Lipinski definition) is 0. The van der Waals surface area contributed by atoms with Crippen molar-refractivity contribution in [3.8, 4) is 11.5 Å². The van der Waals surface area contributed by atoms with E-state index in [-0.39, 0.29) is 6.61 Å². The molecular formula is C16H15Cl3O2. The smallest absolute Gasteiger partial charge is 0.161 e. The van der Waals surface area contributed by atoms with Crippen LogP contribution in [0, 0.1) is 0 Å². The van der Waals surface area contributed by atoms with E-state index in [4.69, 9.17) is 44.3 Å². The summed E-state index contributed by atoms with van der Waals surface area (Å²) < 4.78 is 11.4. The van der Waals surface area contributed by atoms with Crippen LogP contribution in [0.5, 0.6) is 11.5 Å². The fraction of sp³-hybridized carbons (Fsp3) is 0.250. The van der Waals surface area contributed by atoms with Gasteiger partial charge in [-0.3, -0.25) is 0 Å². The first kappa shape index (κ1) is 16.3. The van der Waals surface area contributed by atoms with Crippen LogP contribution < -0.4 is 9.47 Å². The first-order valence-corrected chi connectivity index (χ1v) is 7.82. The van der Waals surface area contributed by atoms with Crippen molar-refractivity contribution in [2.75, 3.05) is 6.61 Å². The van der Waals surface area contributed by atoms with E-state index in [0.717, 1.165) is 11.1 Å². The summed E-state index contributed by atoms with van der Waals surface area (Å²) in [6.07, 6.45) is 0. The van der Waals surface area contributed by atoms with Crippen LogP contribution in [0.3, 0.4) is 0 Å². The third-order valence-corrected chi connectivity index (χ3v) is 3.91. The number of hydrogen-bond acceptors (Lipinski definition) is 2. The Kier molecular flexibility index (Phi) is 6.04. The Morgan fingerprint density at radius 3 is 2.29 bits per heavy atom. The molecule has 5 heteroatoms. The van der Waals surface area contributed by atoms with E-state index in [0.29, 0.717) is 34.0 Å². The Bertz CT molecular complexity index is 594. The summed E-state index contributed by atoms with van der Waals surface area (Å²) in [5.41, 5.74) is 1.73. The van der Waals surface area contributed by atoms with Crippen molar-refractivity contribution in [3.05, 3.63) is 57.6 Å². The minimum atomic E-state index is 0.277. The van der Waals surface area contributed by atoms with E-state index < -0.39 is 0 Å². The summed E-state index contributed by atoms with van der Waals surface area (Å²) in [4.78, 5) is 0. The predicted molar refractivity (Wildman–Crippen MR) is 88.0 cm³/mol. The minimum absolute atomic E-state index is 0.277. The molecule has 2 nitrogen and oxygen atoms in total. The SMILES string of the molecule is CCOc1cc(CCl)ccc1OCc1c(Cl)cccc1Cl. The summed E-state index contributed by atoms with van der Waals surface area (Å²) in [5, 5.41) is 1.16. The lowest BCUT2D eigenvalue weighted by atomic mass is 10.2. The van der Waals surface area contributed by atoms with Crippen molar-refractivity contribution in [2.45, 2.75) is 19.4 Å². The molecule has 0 atom stereocenters. The number of alkyl halides is 1. The van der Waals surface area contributed by atoms with Crippen LogP contribution >= 0.6 is 34.8 Å². The fourth-order valence-electron chi connectivity index (χ4n) is 1.84. The molecule has 0 saturated heterocycles. The van der Waals surface area contributed by atoms with Crippen LogP contribution in [0.25, 0.3) is 0 Å². The maximum Gasteiger partial charge on any atom is 0.161 e. The monoisotopic (exact) mass is 344 g/mol. The Hall–Kier alpha value is -1.09. The molecule has 0 heterocycles. The first-order chi connectivity index (χ1) is 10.2. The van der Waals surface area contributed by atoms with Crippen molar-refractivity contribution in [3.63, 3.8) is 0 Å². The highest BCUT2D eigenvalue weighted by Gasteiger charge is 2.10. The van der Waals surface area contributed by atoms with Crippen molar-refractivity contribution >= 4 is 34.8 Å². The molecule has 0 aliphatic rings. The summed E-state index contributed by atoms with van der Waals surface area (Å²) in [6.45, 7) is 2.75. The lowest BCUT2D eigenvalue weighted by Gasteiger charge is -2.14. The van der Waals surface area contributed by atoms with E-state index in [9.17, 15) is 0 Å². The number of ether oxygens (including phenoxy) is 2. The zero-order valence-corrected chi connectivity index (χ0v) is 13.8. The van der Waals surface area contributed by atoms with E-state index >= 15 is 0 Å². The molecule has 0 N–H and O–H groups in total. The van der Waals surface area contributed by atoms with E-state index in [1.807, 2.05) is 25.1 Å². The van der Waals surface area contributed by atoms with Gasteiger partial charge >= 0.3 is 0 Å². The molecule has 0 radical (unpaired) electrons. The van der Waals surface area contributed by atoms with Crippen LogP contribution in [0.2, 0.25) is 10.0 Å². The molecule has 2 aromatic carbocycles. The highest BCUT2D eigenvalue weighted by atomic mass is 35.5. The van der Waals surface area contributed by atoms with Crippen molar-refractivity contribution < 1.29 is 9.47 Å². The van der Waals surface area contributed by atoms with Gasteiger partial charge in [-0.2, -0.15) is 0 Å². The maximum absolute atomic E-state index is 6.13. The molecule has 0 aliphatic heterocycles. The normalized spacial score (nSPS) is 10.5. The molecule has 2 rings (SSSR count). The third kappa shape index (κ3) is 4.19. The van der Waals surface area contributed by atoms with Crippen LogP contribution in [-0.4, -0.2) is 6.61 Å². The lowest BCUT2D eigenvalue weighted by molar-refractivity contribution is 0.269. The van der Waals surface area contributed by atoms with Gasteiger partial charge in [0.15, 0.2) is 11.5 Å². The van der Waals surface area contributed by atoms with E-state index in [1.165, 1.54) is 0 Å². The molecular weight excluding hydrogens is 331 g/mol. The lowest BCUT2D eigenvalue weighted by Crippen LogP contribution is -2.01. The topological polar surface area (TPSA) is 18.5 Å². The predicted octanol–water partition coefficient (Wildman–Crippen LogP) is 5.71. The average molecular weight is 346 g/mol. The first-order valence-electron chi connectivity index (χ1n) is 6.53. The summed E-state index contributed by atoms with van der Waals surface area (Å²) >= 11 is 18.1. The Morgan fingerprint density at radius 1 is 0.952 bits per heavy atom. The van der Waals surface area contributed by atoms with E-state index in [1.54, 1.807) is 18.2 Å². The molecule has 0 spiro atoms. The molecule has 0 saturated carbocycles. The van der Waals surface area contributed by atoms with Gasteiger partial charge in [0, 0.05) is 21.5 Å². The molecule has 0 aromatic heterocycles. The van der Waals surface area contributed by atoms with Gasteiger partial charge in [0.2, 0.25) is 0 Å². The molecule has 112 valence electrons. The van der Waals surface area contributed by atoms with Gasteiger partial charge in [-0.15, -0.1) is 11.6 Å². The molecule has 2 aromatic rings. The second-order valence-electron chi connectivity index (χ2n) is 4.34. The number of rotatable bonds is 6. The molecule has 0 amide bonds. The largest absolute Gasteiger partial charge is 0.490 e. The quantitative estimate of drug-likeness (QED) is 0.624. The summed E-state index contributed by atoms with van der Waals surface area (Å²) in [7, 11) is 0. The zero-order valence-electron chi connectivity index (χ0n) is 11.5. The summed E-state index contributed by atoms with van der Waals surface area (Å²) in [5.74, 6) is 1.73. The van der Waals surface area contributed by atoms with Crippen molar-refractivity contribution in [2.24, 2.45) is 0 Å². The van der Waals surface area contributed by atoms with Crippen LogP contribution in [-0.2, 0) is 12.5 Å². The molecule has 0 unspecified atom stereocenters. The van der Waals surface area contributed by atoms with Crippen LogP contribution in [0.4, 0.5) is 0 Å². The second kappa shape index (κ2) is 7.79. The van der Waals surface area contributed by atoms with Gasteiger partial charge in [-0.1, -0.05) is 35.3 Å². The number of halogens is 3. The van der Waals surface area contributed by atoms with Crippen molar-refractivity contribution in [1.82, 2.24) is 0 Å². The Balaban J connectivity index is 2.19. The van der Waals surface area contributed by atoms with Gasteiger partial charge in [-0.05, 0) is 36.8 Å². The fourth-order valence-corrected chi connectivity index (χ4v) is 2.52. The van der Waals surface area contributed by atoms with Gasteiger partial charge in [0.05, 0.1) is 6.61 Å². The minimum Gasteiger partial charge on any atom is -0.490 e. The van der Waals surface area contributed by atoms with Crippen LogP contribution in [0.1, 0.15) is 18.1 Å². The molecule has 0 bridgehead atoms. The summed E-state index contributed by atoms with van der Waals surface area (Å²) in [6, 6.07) is 11.0. The Labute approximate surface area is 139 Å². The zero-order chi connectivity index (χ0) is 15.2. The van der Waals surface area contributed by atoms with Gasteiger partial charge in [0.1, 0.15) is 6.61 Å². The molecule has 21 heavy (non-hydrogen) atoms. The average Bonchev–Trinajstić information content (AvgIpc) is 2.48. The Morgan fingerprint density at radius 2 is 1.67 bits per heavy atom. The van der Waals surface area contributed by atoms with E-state index in [2.05, 4.69) is 0 Å². The van der Waals surface area contributed by atoms with Gasteiger partial charge in [0.25, 0.3) is 0 Å². The molecule has 0 fully saturated rings. The number of benzene rings is 2. The second-order valence-corrected chi connectivity index (χ2v) is 5.42. The van der Waals surface area contributed by atoms with Crippen LogP contribution in [0.15, 0.2) is 36.4 Å². The maximum atomic E-state index is 6.13. The standard InChI is InChI=1S/C16H15Cl3O2/c1-2-20-16-8-11(9-17)6-7-15(16)21-10-12-13(18)4-3-5-14(12)19/h3-8H,2,9-10H2,1H3. The highest BCUT2D eigenvalue weighted by molar-refractivity contribution is 6.35. The third-order valence-electron chi connectivity index (χ3n) is 2.90. The molecule has 0 aliphatic carbocycles. The van der Waals surface area contributed by atoms with Gasteiger partial charge < -0.3 is 9.47 Å².